The van der Waals surface area contributed by atoms with E-state index in [1.807, 2.05) is 20.8 Å². The fraction of sp³-hybridized carbons (Fsp3) is 0.400. The molecule has 0 unspecified atom stereocenters. The maximum absolute atomic E-state index is 12.9. The molecule has 0 aliphatic heterocycles. The number of aromatic hydroxyl groups is 1. The summed E-state index contributed by atoms with van der Waals surface area (Å²) in [5.41, 5.74) is 0.443. The van der Waals surface area contributed by atoms with E-state index in [1.165, 1.54) is 28.8 Å². The number of rotatable bonds is 6. The minimum atomic E-state index is -3.72. The molecule has 7 heteroatoms. The third kappa shape index (κ3) is 3.41. The molecular weight excluding hydrogens is 302 g/mol. The van der Waals surface area contributed by atoms with Gasteiger partial charge in [0.25, 0.3) is 10.0 Å². The number of nitrogens with zero attached hydrogens (tertiary/aromatic N) is 3. The SMILES string of the molecule is CCn1cc(S(=O)(=O)N(CC(C)C)c2cccc(O)c2)cn1. The van der Waals surface area contributed by atoms with E-state index in [2.05, 4.69) is 5.10 Å². The van der Waals surface area contributed by atoms with Crippen LogP contribution in [0.4, 0.5) is 5.69 Å². The van der Waals surface area contributed by atoms with Crippen molar-refractivity contribution in [1.82, 2.24) is 9.78 Å². The molecule has 0 amide bonds. The lowest BCUT2D eigenvalue weighted by Crippen LogP contribution is -2.34. The normalized spacial score (nSPS) is 11.8. The van der Waals surface area contributed by atoms with Crippen LogP contribution in [-0.4, -0.2) is 29.8 Å². The summed E-state index contributed by atoms with van der Waals surface area (Å²) in [6.45, 7) is 6.71. The molecule has 1 heterocycles. The van der Waals surface area contributed by atoms with Crippen LogP contribution in [0.5, 0.6) is 5.75 Å². The number of phenolic OH excluding ortho intramolecular Hbond substituents is 1. The Morgan fingerprint density at radius 3 is 2.64 bits per heavy atom. The fourth-order valence-electron chi connectivity index (χ4n) is 2.10. The lowest BCUT2D eigenvalue weighted by molar-refractivity contribution is 0.475. The molecule has 0 atom stereocenters. The third-order valence-electron chi connectivity index (χ3n) is 3.17. The van der Waals surface area contributed by atoms with E-state index in [0.29, 0.717) is 18.8 Å². The smallest absolute Gasteiger partial charge is 0.267 e. The van der Waals surface area contributed by atoms with Crippen molar-refractivity contribution in [2.45, 2.75) is 32.2 Å². The molecule has 0 aliphatic carbocycles. The average Bonchev–Trinajstić information content (AvgIpc) is 2.94. The molecule has 1 N–H and O–H groups in total. The van der Waals surface area contributed by atoms with Crippen molar-refractivity contribution in [3.63, 3.8) is 0 Å². The zero-order chi connectivity index (χ0) is 16.3. The highest BCUT2D eigenvalue weighted by molar-refractivity contribution is 7.92. The van der Waals surface area contributed by atoms with Gasteiger partial charge in [-0.15, -0.1) is 0 Å². The summed E-state index contributed by atoms with van der Waals surface area (Å²) in [4.78, 5) is 0.151. The molecular formula is C15H21N3O3S. The first kappa shape index (κ1) is 16.4. The summed E-state index contributed by atoms with van der Waals surface area (Å²) < 4.78 is 28.7. The highest BCUT2D eigenvalue weighted by Gasteiger charge is 2.27. The van der Waals surface area contributed by atoms with Crippen molar-refractivity contribution >= 4 is 15.7 Å². The number of hydrogen-bond donors (Lipinski definition) is 1. The number of aryl methyl sites for hydroxylation is 1. The van der Waals surface area contributed by atoms with Crippen LogP contribution in [0.15, 0.2) is 41.6 Å². The lowest BCUT2D eigenvalue weighted by Gasteiger charge is -2.25. The molecule has 22 heavy (non-hydrogen) atoms. The number of phenols is 1. The van der Waals surface area contributed by atoms with Gasteiger partial charge in [0, 0.05) is 25.4 Å². The van der Waals surface area contributed by atoms with Crippen molar-refractivity contribution in [1.29, 1.82) is 0 Å². The van der Waals surface area contributed by atoms with Crippen molar-refractivity contribution in [2.75, 3.05) is 10.8 Å². The Hall–Kier alpha value is -2.02. The molecule has 0 radical (unpaired) electrons. The van der Waals surface area contributed by atoms with Crippen LogP contribution in [0.25, 0.3) is 0 Å². The summed E-state index contributed by atoms with van der Waals surface area (Å²) >= 11 is 0. The summed E-state index contributed by atoms with van der Waals surface area (Å²) in [5, 5.41) is 13.7. The van der Waals surface area contributed by atoms with Gasteiger partial charge in [0.15, 0.2) is 0 Å². The second-order valence-corrected chi connectivity index (χ2v) is 7.34. The Morgan fingerprint density at radius 1 is 1.36 bits per heavy atom. The topological polar surface area (TPSA) is 75.4 Å². The van der Waals surface area contributed by atoms with Gasteiger partial charge in [-0.2, -0.15) is 5.10 Å². The van der Waals surface area contributed by atoms with Gasteiger partial charge >= 0.3 is 0 Å². The predicted octanol–water partition coefficient (Wildman–Crippen LogP) is 2.46. The highest BCUT2D eigenvalue weighted by Crippen LogP contribution is 2.27. The summed E-state index contributed by atoms with van der Waals surface area (Å²) in [7, 11) is -3.72. The highest BCUT2D eigenvalue weighted by atomic mass is 32.2. The van der Waals surface area contributed by atoms with Gasteiger partial charge in [-0.05, 0) is 25.0 Å². The van der Waals surface area contributed by atoms with Gasteiger partial charge in [0.05, 0.1) is 11.9 Å². The van der Waals surface area contributed by atoms with E-state index in [9.17, 15) is 13.5 Å². The van der Waals surface area contributed by atoms with Crippen molar-refractivity contribution in [3.05, 3.63) is 36.7 Å². The first-order valence-electron chi connectivity index (χ1n) is 7.18. The maximum atomic E-state index is 12.9. The molecule has 6 nitrogen and oxygen atoms in total. The van der Waals surface area contributed by atoms with Gasteiger partial charge < -0.3 is 5.11 Å². The molecule has 2 aromatic rings. The monoisotopic (exact) mass is 323 g/mol. The predicted molar refractivity (Wildman–Crippen MR) is 85.4 cm³/mol. The number of aromatic nitrogens is 2. The number of sulfonamides is 1. The zero-order valence-corrected chi connectivity index (χ0v) is 13.8. The third-order valence-corrected chi connectivity index (χ3v) is 4.92. The summed E-state index contributed by atoms with van der Waals surface area (Å²) in [6, 6.07) is 6.26. The average molecular weight is 323 g/mol. The second kappa shape index (κ2) is 6.39. The van der Waals surface area contributed by atoms with Gasteiger partial charge in [-0.1, -0.05) is 19.9 Å². The van der Waals surface area contributed by atoms with Gasteiger partial charge in [0.1, 0.15) is 10.6 Å². The largest absolute Gasteiger partial charge is 0.508 e. The molecule has 0 saturated heterocycles. The van der Waals surface area contributed by atoms with Crippen LogP contribution in [0.1, 0.15) is 20.8 Å². The van der Waals surface area contributed by atoms with Gasteiger partial charge in [-0.25, -0.2) is 8.42 Å². The summed E-state index contributed by atoms with van der Waals surface area (Å²) in [6.07, 6.45) is 2.88. The molecule has 1 aromatic heterocycles. The number of benzene rings is 1. The standard InChI is InChI=1S/C15H21N3O3S/c1-4-17-11-15(9-16-17)22(20,21)18(10-12(2)3)13-6-5-7-14(19)8-13/h5-9,11-12,19H,4,10H2,1-3H3. The molecule has 0 spiro atoms. The Kier molecular flexibility index (Phi) is 4.75. The Bertz CT molecular complexity index is 738. The first-order chi connectivity index (χ1) is 10.3. The van der Waals surface area contributed by atoms with Gasteiger partial charge in [0.2, 0.25) is 0 Å². The minimum Gasteiger partial charge on any atom is -0.508 e. The van der Waals surface area contributed by atoms with E-state index < -0.39 is 10.0 Å². The molecule has 2 rings (SSSR count). The molecule has 0 bridgehead atoms. The quantitative estimate of drug-likeness (QED) is 0.886. The van der Waals surface area contributed by atoms with Crippen molar-refractivity contribution in [2.24, 2.45) is 5.92 Å². The Balaban J connectivity index is 2.48. The van der Waals surface area contributed by atoms with Crippen LogP contribution in [-0.2, 0) is 16.6 Å². The fourth-order valence-corrected chi connectivity index (χ4v) is 3.68. The Labute approximate surface area is 131 Å². The maximum Gasteiger partial charge on any atom is 0.267 e. The van der Waals surface area contributed by atoms with E-state index in [-0.39, 0.29) is 16.6 Å². The van der Waals surface area contributed by atoms with Crippen molar-refractivity contribution < 1.29 is 13.5 Å². The van der Waals surface area contributed by atoms with Crippen LogP contribution in [0, 0.1) is 5.92 Å². The molecule has 120 valence electrons. The van der Waals surface area contributed by atoms with Crippen LogP contribution in [0.3, 0.4) is 0 Å². The summed E-state index contributed by atoms with van der Waals surface area (Å²) in [5.74, 6) is 0.170. The zero-order valence-electron chi connectivity index (χ0n) is 13.0. The van der Waals surface area contributed by atoms with Crippen LogP contribution in [0.2, 0.25) is 0 Å². The van der Waals surface area contributed by atoms with E-state index in [1.54, 1.807) is 16.8 Å². The molecule has 1 aromatic carbocycles. The Morgan fingerprint density at radius 2 is 2.09 bits per heavy atom. The number of hydrogen-bond acceptors (Lipinski definition) is 4. The second-order valence-electron chi connectivity index (χ2n) is 5.48. The molecule has 0 aliphatic rings. The van der Waals surface area contributed by atoms with Gasteiger partial charge in [-0.3, -0.25) is 8.99 Å². The lowest BCUT2D eigenvalue weighted by atomic mass is 10.2. The van der Waals surface area contributed by atoms with Crippen LogP contribution >= 0.6 is 0 Å². The van der Waals surface area contributed by atoms with E-state index >= 15 is 0 Å². The minimum absolute atomic E-state index is 0.0331. The first-order valence-corrected chi connectivity index (χ1v) is 8.62. The molecule has 0 fully saturated rings. The number of anilines is 1. The van der Waals surface area contributed by atoms with E-state index in [0.717, 1.165) is 0 Å². The molecule has 0 saturated carbocycles. The van der Waals surface area contributed by atoms with Crippen molar-refractivity contribution in [3.8, 4) is 5.75 Å². The van der Waals surface area contributed by atoms with Crippen LogP contribution < -0.4 is 4.31 Å². The van der Waals surface area contributed by atoms with E-state index in [4.69, 9.17) is 0 Å².